The Balaban J connectivity index is 1.70. The van der Waals surface area contributed by atoms with Gasteiger partial charge in [-0.2, -0.15) is 13.2 Å². The van der Waals surface area contributed by atoms with Crippen molar-refractivity contribution >= 4 is 17.3 Å². The molecule has 1 fully saturated rings. The summed E-state index contributed by atoms with van der Waals surface area (Å²) in [5.74, 6) is -0.574. The van der Waals surface area contributed by atoms with Crippen LogP contribution in [0.5, 0.6) is 0 Å². The molecule has 2 aromatic heterocycles. The van der Waals surface area contributed by atoms with E-state index in [9.17, 15) is 22.0 Å². The van der Waals surface area contributed by atoms with Gasteiger partial charge in [-0.05, 0) is 43.0 Å². The summed E-state index contributed by atoms with van der Waals surface area (Å²) in [6, 6.07) is 7.82. The first-order valence-corrected chi connectivity index (χ1v) is 9.17. The molecule has 4 rings (SSSR count). The fourth-order valence-corrected chi connectivity index (χ4v) is 2.78. The van der Waals surface area contributed by atoms with Crippen LogP contribution in [0.3, 0.4) is 0 Å². The Kier molecular flexibility index (Phi) is 5.23. The largest absolute Gasteiger partial charge is 0.433 e. The lowest BCUT2D eigenvalue weighted by molar-refractivity contribution is -0.141. The summed E-state index contributed by atoms with van der Waals surface area (Å²) in [5.41, 5.74) is -1.04. The Morgan fingerprint density at radius 1 is 0.900 bits per heavy atom. The lowest BCUT2D eigenvalue weighted by Crippen LogP contribution is -2.10. The smallest absolute Gasteiger partial charge is 0.370 e. The molecule has 0 unspecified atom stereocenters. The second-order valence-electron chi connectivity index (χ2n) is 6.98. The van der Waals surface area contributed by atoms with Gasteiger partial charge in [-0.15, -0.1) is 0 Å². The van der Waals surface area contributed by atoms with Gasteiger partial charge in [0.05, 0.1) is 0 Å². The SMILES string of the molecule is Fc1cc(F)cc(Nc2cc(NCC3CC3)nc(-c3cccc(C(F)(F)F)n3)n2)c1. The molecule has 0 aliphatic heterocycles. The van der Waals surface area contributed by atoms with Crippen LogP contribution in [0.25, 0.3) is 11.5 Å². The highest BCUT2D eigenvalue weighted by atomic mass is 19.4. The Morgan fingerprint density at radius 2 is 1.60 bits per heavy atom. The number of nitrogens with one attached hydrogen (secondary N) is 2. The van der Waals surface area contributed by atoms with Crippen LogP contribution in [-0.4, -0.2) is 21.5 Å². The molecular formula is C20H16F5N5. The summed E-state index contributed by atoms with van der Waals surface area (Å²) in [6.45, 7) is 0.653. The molecule has 0 saturated heterocycles. The van der Waals surface area contributed by atoms with E-state index in [0.29, 0.717) is 18.3 Å². The fraction of sp³-hybridized carbons (Fsp3) is 0.250. The summed E-state index contributed by atoms with van der Waals surface area (Å²) >= 11 is 0. The quantitative estimate of drug-likeness (QED) is 0.522. The summed E-state index contributed by atoms with van der Waals surface area (Å²) in [4.78, 5) is 12.1. The van der Waals surface area contributed by atoms with E-state index >= 15 is 0 Å². The van der Waals surface area contributed by atoms with Gasteiger partial charge in [-0.3, -0.25) is 0 Å². The molecule has 0 spiro atoms. The third kappa shape index (κ3) is 5.00. The van der Waals surface area contributed by atoms with Crippen LogP contribution >= 0.6 is 0 Å². The topological polar surface area (TPSA) is 62.7 Å². The normalized spacial score (nSPS) is 13.9. The number of anilines is 3. The summed E-state index contributed by atoms with van der Waals surface area (Å²) in [6.07, 6.45) is -2.43. The molecule has 1 aliphatic carbocycles. The fourth-order valence-electron chi connectivity index (χ4n) is 2.78. The van der Waals surface area contributed by atoms with Crippen molar-refractivity contribution < 1.29 is 22.0 Å². The van der Waals surface area contributed by atoms with E-state index in [1.807, 2.05) is 0 Å². The van der Waals surface area contributed by atoms with E-state index < -0.39 is 23.5 Å². The minimum Gasteiger partial charge on any atom is -0.370 e. The Morgan fingerprint density at radius 3 is 2.27 bits per heavy atom. The predicted molar refractivity (Wildman–Crippen MR) is 101 cm³/mol. The van der Waals surface area contributed by atoms with Gasteiger partial charge in [0.15, 0.2) is 5.82 Å². The number of halogens is 5. The number of benzene rings is 1. The minimum atomic E-state index is -4.61. The van der Waals surface area contributed by atoms with Gasteiger partial charge in [0.1, 0.15) is 34.7 Å². The number of nitrogens with zero attached hydrogens (tertiary/aromatic N) is 3. The molecule has 2 N–H and O–H groups in total. The van der Waals surface area contributed by atoms with E-state index in [1.54, 1.807) is 0 Å². The van der Waals surface area contributed by atoms with Crippen LogP contribution in [0.15, 0.2) is 42.5 Å². The van der Waals surface area contributed by atoms with Gasteiger partial charge in [-0.1, -0.05) is 6.07 Å². The third-order valence-electron chi connectivity index (χ3n) is 4.40. The first kappa shape index (κ1) is 20.0. The summed E-state index contributed by atoms with van der Waals surface area (Å²) in [5, 5.41) is 5.88. The molecule has 0 radical (unpaired) electrons. The number of hydrogen-bond donors (Lipinski definition) is 2. The zero-order valence-electron chi connectivity index (χ0n) is 15.5. The van der Waals surface area contributed by atoms with E-state index in [4.69, 9.17) is 0 Å². The molecule has 5 nitrogen and oxygen atoms in total. The van der Waals surface area contributed by atoms with Gasteiger partial charge in [0, 0.05) is 24.4 Å². The number of rotatable bonds is 6. The highest BCUT2D eigenvalue weighted by molar-refractivity contribution is 5.63. The van der Waals surface area contributed by atoms with E-state index in [0.717, 1.165) is 37.1 Å². The van der Waals surface area contributed by atoms with Crippen molar-refractivity contribution in [2.24, 2.45) is 5.92 Å². The highest BCUT2D eigenvalue weighted by Crippen LogP contribution is 2.31. The van der Waals surface area contributed by atoms with E-state index in [2.05, 4.69) is 25.6 Å². The monoisotopic (exact) mass is 421 g/mol. The maximum Gasteiger partial charge on any atom is 0.433 e. The molecule has 3 aromatic rings. The summed E-state index contributed by atoms with van der Waals surface area (Å²) < 4.78 is 66.0. The average molecular weight is 421 g/mol. The maximum absolute atomic E-state index is 13.5. The molecule has 1 aromatic carbocycles. The first-order valence-electron chi connectivity index (χ1n) is 9.17. The molecule has 0 amide bonds. The number of aromatic nitrogens is 3. The lowest BCUT2D eigenvalue weighted by atomic mass is 10.2. The predicted octanol–water partition coefficient (Wildman–Crippen LogP) is 5.40. The van der Waals surface area contributed by atoms with Gasteiger partial charge in [0.2, 0.25) is 0 Å². The second-order valence-corrected chi connectivity index (χ2v) is 6.98. The first-order chi connectivity index (χ1) is 14.3. The standard InChI is InChI=1S/C20H16F5N5/c21-12-6-13(22)8-14(7-12)27-18-9-17(26-10-11-4-5-11)29-19(30-18)15-2-1-3-16(28-15)20(23,24)25/h1-3,6-9,11H,4-5,10H2,(H2,26,27,29,30). The zero-order chi connectivity index (χ0) is 21.3. The number of hydrogen-bond acceptors (Lipinski definition) is 5. The van der Waals surface area contributed by atoms with Crippen molar-refractivity contribution in [3.8, 4) is 11.5 Å². The van der Waals surface area contributed by atoms with E-state index in [1.165, 1.54) is 18.2 Å². The highest BCUT2D eigenvalue weighted by Gasteiger charge is 2.32. The van der Waals surface area contributed by atoms with Crippen LogP contribution in [0.1, 0.15) is 18.5 Å². The maximum atomic E-state index is 13.5. The van der Waals surface area contributed by atoms with Gasteiger partial charge < -0.3 is 10.6 Å². The van der Waals surface area contributed by atoms with Crippen molar-refractivity contribution in [1.29, 1.82) is 0 Å². The Labute approximate surface area is 168 Å². The molecule has 1 saturated carbocycles. The van der Waals surface area contributed by atoms with Crippen molar-refractivity contribution in [2.75, 3.05) is 17.2 Å². The molecule has 2 heterocycles. The number of pyridine rings is 1. The van der Waals surface area contributed by atoms with E-state index in [-0.39, 0.29) is 23.0 Å². The van der Waals surface area contributed by atoms with Crippen LogP contribution in [0.4, 0.5) is 39.3 Å². The molecule has 0 atom stereocenters. The minimum absolute atomic E-state index is 0.0544. The molecule has 1 aliphatic rings. The lowest BCUT2D eigenvalue weighted by Gasteiger charge is -2.12. The Hall–Kier alpha value is -3.30. The molecule has 10 heteroatoms. The second kappa shape index (κ2) is 7.85. The van der Waals surface area contributed by atoms with Crippen LogP contribution < -0.4 is 10.6 Å². The molecule has 30 heavy (non-hydrogen) atoms. The Bertz CT molecular complexity index is 1050. The zero-order valence-corrected chi connectivity index (χ0v) is 15.5. The molecular weight excluding hydrogens is 405 g/mol. The van der Waals surface area contributed by atoms with Crippen molar-refractivity contribution in [2.45, 2.75) is 19.0 Å². The van der Waals surface area contributed by atoms with Gasteiger partial charge in [-0.25, -0.2) is 23.7 Å². The van der Waals surface area contributed by atoms with Gasteiger partial charge >= 0.3 is 6.18 Å². The van der Waals surface area contributed by atoms with Crippen molar-refractivity contribution in [3.63, 3.8) is 0 Å². The van der Waals surface area contributed by atoms with Crippen molar-refractivity contribution in [1.82, 2.24) is 15.0 Å². The van der Waals surface area contributed by atoms with Crippen LogP contribution in [0, 0.1) is 17.6 Å². The van der Waals surface area contributed by atoms with Crippen molar-refractivity contribution in [3.05, 3.63) is 59.8 Å². The molecule has 0 bridgehead atoms. The van der Waals surface area contributed by atoms with Crippen LogP contribution in [0.2, 0.25) is 0 Å². The van der Waals surface area contributed by atoms with Gasteiger partial charge in [0.25, 0.3) is 0 Å². The molecule has 156 valence electrons. The third-order valence-corrected chi connectivity index (χ3v) is 4.40. The summed E-state index contributed by atoms with van der Waals surface area (Å²) in [7, 11) is 0. The number of alkyl halides is 3. The van der Waals surface area contributed by atoms with Crippen LogP contribution in [-0.2, 0) is 6.18 Å². The average Bonchev–Trinajstić information content (AvgIpc) is 3.49.